The average Bonchev–Trinajstić information content (AvgIpc) is 3.44. The molecular weight excluding hydrogens is 410 g/mol. The van der Waals surface area contributed by atoms with Crippen LogP contribution in [-0.4, -0.2) is 59.7 Å². The number of rotatable bonds is 7. The van der Waals surface area contributed by atoms with Gasteiger partial charge in [-0.25, -0.2) is 13.4 Å². The van der Waals surface area contributed by atoms with E-state index in [9.17, 15) is 8.42 Å². The van der Waals surface area contributed by atoms with E-state index in [2.05, 4.69) is 15.1 Å². The van der Waals surface area contributed by atoms with E-state index in [4.69, 9.17) is 14.0 Å². The fourth-order valence-electron chi connectivity index (χ4n) is 3.36. The smallest absolute Gasteiger partial charge is 0.262 e. The van der Waals surface area contributed by atoms with Crippen LogP contribution in [0.4, 0.5) is 0 Å². The first-order chi connectivity index (χ1) is 14.5. The number of hydrogen-bond donors (Lipinski definition) is 0. The highest BCUT2D eigenvalue weighted by atomic mass is 32.2. The minimum Gasteiger partial charge on any atom is -0.497 e. The molecule has 0 atom stereocenters. The van der Waals surface area contributed by atoms with E-state index < -0.39 is 10.0 Å². The van der Waals surface area contributed by atoms with Crippen LogP contribution in [0.5, 0.6) is 11.5 Å². The van der Waals surface area contributed by atoms with Gasteiger partial charge in [0.2, 0.25) is 0 Å². The van der Waals surface area contributed by atoms with E-state index in [-0.39, 0.29) is 11.6 Å². The molecule has 4 rings (SSSR count). The maximum Gasteiger partial charge on any atom is 0.262 e. The summed E-state index contributed by atoms with van der Waals surface area (Å²) in [6.07, 6.45) is 5.76. The highest BCUT2D eigenvalue weighted by Crippen LogP contribution is 2.32. The summed E-state index contributed by atoms with van der Waals surface area (Å²) in [7, 11) is -0.458. The SMILES string of the molecule is COc1ccc(-c2nc(Cn3cnc(S(=O)(=O)N4CCCCC4)c3)no2)c(OC)c1. The molecule has 0 bridgehead atoms. The summed E-state index contributed by atoms with van der Waals surface area (Å²) < 4.78 is 44.5. The van der Waals surface area contributed by atoms with Crippen LogP contribution in [0.1, 0.15) is 25.1 Å². The molecule has 0 N–H and O–H groups in total. The van der Waals surface area contributed by atoms with E-state index in [1.807, 2.05) is 0 Å². The number of nitrogens with zero attached hydrogens (tertiary/aromatic N) is 5. The Morgan fingerprint density at radius 2 is 1.93 bits per heavy atom. The maximum absolute atomic E-state index is 12.7. The summed E-state index contributed by atoms with van der Waals surface area (Å²) in [5, 5.41) is 4.02. The Hall–Kier alpha value is -2.92. The standard InChI is InChI=1S/C19H23N5O5S/c1-27-14-6-7-15(16(10-14)28-2)19-21-17(22-29-19)11-23-12-18(20-13-23)30(25,26)24-8-4-3-5-9-24/h6-7,10,12-13H,3-5,8-9,11H2,1-2H3. The molecule has 1 aliphatic heterocycles. The first-order valence-electron chi connectivity index (χ1n) is 9.58. The maximum atomic E-state index is 12.7. The third-order valence-corrected chi connectivity index (χ3v) is 6.74. The Balaban J connectivity index is 1.51. The minimum absolute atomic E-state index is 0.0324. The van der Waals surface area contributed by atoms with Crippen LogP contribution in [0.3, 0.4) is 0 Å². The molecule has 10 nitrogen and oxygen atoms in total. The van der Waals surface area contributed by atoms with Crippen LogP contribution in [0.15, 0.2) is 40.3 Å². The van der Waals surface area contributed by atoms with Crippen molar-refractivity contribution >= 4 is 10.0 Å². The van der Waals surface area contributed by atoms with Gasteiger partial charge in [0.25, 0.3) is 15.9 Å². The molecule has 0 radical (unpaired) electrons. The van der Waals surface area contributed by atoms with Gasteiger partial charge < -0.3 is 18.6 Å². The fourth-order valence-corrected chi connectivity index (χ4v) is 4.82. The molecule has 0 amide bonds. The highest BCUT2D eigenvalue weighted by molar-refractivity contribution is 7.89. The zero-order valence-electron chi connectivity index (χ0n) is 16.8. The van der Waals surface area contributed by atoms with Gasteiger partial charge in [-0.15, -0.1) is 0 Å². The van der Waals surface area contributed by atoms with E-state index in [0.717, 1.165) is 19.3 Å². The van der Waals surface area contributed by atoms with Gasteiger partial charge in [-0.1, -0.05) is 11.6 Å². The first-order valence-corrected chi connectivity index (χ1v) is 11.0. The summed E-state index contributed by atoms with van der Waals surface area (Å²) in [5.41, 5.74) is 0.635. The van der Waals surface area contributed by atoms with Crippen molar-refractivity contribution in [3.05, 3.63) is 36.5 Å². The van der Waals surface area contributed by atoms with Gasteiger partial charge in [0.1, 0.15) is 11.5 Å². The normalized spacial score (nSPS) is 15.3. The predicted octanol–water partition coefficient (Wildman–Crippen LogP) is 2.17. The number of piperidine rings is 1. The van der Waals surface area contributed by atoms with E-state index in [1.54, 1.807) is 37.0 Å². The quantitative estimate of drug-likeness (QED) is 0.557. The largest absolute Gasteiger partial charge is 0.497 e. The topological polar surface area (TPSA) is 113 Å². The van der Waals surface area contributed by atoms with Crippen molar-refractivity contribution in [2.75, 3.05) is 27.3 Å². The molecule has 0 aliphatic carbocycles. The lowest BCUT2D eigenvalue weighted by Gasteiger charge is -2.24. The summed E-state index contributed by atoms with van der Waals surface area (Å²) in [6, 6.07) is 5.28. The van der Waals surface area contributed by atoms with E-state index in [0.29, 0.717) is 41.9 Å². The van der Waals surface area contributed by atoms with Crippen LogP contribution in [0, 0.1) is 0 Å². The molecule has 1 aromatic carbocycles. The molecular formula is C19H23N5O5S. The van der Waals surface area contributed by atoms with Gasteiger partial charge in [0.15, 0.2) is 10.9 Å². The number of imidazole rings is 1. The van der Waals surface area contributed by atoms with Gasteiger partial charge in [0.05, 0.1) is 32.7 Å². The second kappa shape index (κ2) is 8.44. The average molecular weight is 433 g/mol. The van der Waals surface area contributed by atoms with Crippen LogP contribution in [0.2, 0.25) is 0 Å². The van der Waals surface area contributed by atoms with Crippen molar-refractivity contribution in [3.8, 4) is 23.0 Å². The molecule has 1 aliphatic rings. The predicted molar refractivity (Wildman–Crippen MR) is 107 cm³/mol. The molecule has 1 fully saturated rings. The fraction of sp³-hybridized carbons (Fsp3) is 0.421. The molecule has 11 heteroatoms. The summed E-state index contributed by atoms with van der Waals surface area (Å²) in [6.45, 7) is 1.30. The van der Waals surface area contributed by atoms with Crippen molar-refractivity contribution < 1.29 is 22.4 Å². The van der Waals surface area contributed by atoms with Crippen LogP contribution in [0.25, 0.3) is 11.5 Å². The number of aromatic nitrogens is 4. The molecule has 30 heavy (non-hydrogen) atoms. The summed E-state index contributed by atoms with van der Waals surface area (Å²) >= 11 is 0. The van der Waals surface area contributed by atoms with Crippen molar-refractivity contribution in [1.82, 2.24) is 24.0 Å². The van der Waals surface area contributed by atoms with E-state index in [1.165, 1.54) is 16.8 Å². The lowest BCUT2D eigenvalue weighted by molar-refractivity contribution is 0.345. The van der Waals surface area contributed by atoms with Crippen molar-refractivity contribution in [2.45, 2.75) is 30.8 Å². The lowest BCUT2D eigenvalue weighted by Crippen LogP contribution is -2.35. The second-order valence-corrected chi connectivity index (χ2v) is 8.82. The van der Waals surface area contributed by atoms with Crippen molar-refractivity contribution in [3.63, 3.8) is 0 Å². The molecule has 1 saturated heterocycles. The molecule has 0 unspecified atom stereocenters. The minimum atomic E-state index is -3.58. The van der Waals surface area contributed by atoms with Gasteiger partial charge in [-0.2, -0.15) is 9.29 Å². The Bertz CT molecular complexity index is 1120. The van der Waals surface area contributed by atoms with E-state index >= 15 is 0 Å². The summed E-state index contributed by atoms with van der Waals surface area (Å²) in [5.74, 6) is 1.88. The molecule has 3 heterocycles. The van der Waals surface area contributed by atoms with Gasteiger partial charge in [-0.3, -0.25) is 0 Å². The van der Waals surface area contributed by atoms with Gasteiger partial charge in [-0.05, 0) is 25.0 Å². The first kappa shape index (κ1) is 20.4. The zero-order chi connectivity index (χ0) is 21.1. The lowest BCUT2D eigenvalue weighted by atomic mass is 10.2. The summed E-state index contributed by atoms with van der Waals surface area (Å²) in [4.78, 5) is 8.48. The number of sulfonamides is 1. The number of benzene rings is 1. The van der Waals surface area contributed by atoms with Crippen molar-refractivity contribution in [1.29, 1.82) is 0 Å². The Morgan fingerprint density at radius 1 is 1.13 bits per heavy atom. The van der Waals surface area contributed by atoms with Crippen molar-refractivity contribution in [2.24, 2.45) is 0 Å². The molecule has 160 valence electrons. The Kier molecular flexibility index (Phi) is 5.73. The molecule has 0 spiro atoms. The molecule has 0 saturated carbocycles. The number of methoxy groups -OCH3 is 2. The number of ether oxygens (including phenoxy) is 2. The number of hydrogen-bond acceptors (Lipinski definition) is 8. The second-order valence-electron chi connectivity index (χ2n) is 6.93. The van der Waals surface area contributed by atoms with Gasteiger partial charge >= 0.3 is 0 Å². The van der Waals surface area contributed by atoms with Crippen LogP contribution >= 0.6 is 0 Å². The zero-order valence-corrected chi connectivity index (χ0v) is 17.6. The monoisotopic (exact) mass is 433 g/mol. The van der Waals surface area contributed by atoms with Gasteiger partial charge in [0, 0.05) is 25.4 Å². The van der Waals surface area contributed by atoms with Crippen LogP contribution < -0.4 is 9.47 Å². The molecule has 3 aromatic rings. The third-order valence-electron chi connectivity index (χ3n) is 4.96. The molecule has 2 aromatic heterocycles. The highest BCUT2D eigenvalue weighted by Gasteiger charge is 2.28. The van der Waals surface area contributed by atoms with Crippen LogP contribution in [-0.2, 0) is 16.6 Å². The Morgan fingerprint density at radius 3 is 2.67 bits per heavy atom. The Labute approximate surface area is 174 Å². The third kappa shape index (κ3) is 4.03.